The number of fused-ring (bicyclic) bond motifs is 1. The van der Waals surface area contributed by atoms with Gasteiger partial charge in [-0.3, -0.25) is 4.98 Å². The average Bonchev–Trinajstić information content (AvgIpc) is 2.50. The number of para-hydroxylation sites is 1. The van der Waals surface area contributed by atoms with Gasteiger partial charge in [0.2, 0.25) is 0 Å². The highest BCUT2D eigenvalue weighted by Crippen LogP contribution is 2.18. The summed E-state index contributed by atoms with van der Waals surface area (Å²) in [7, 11) is 0. The number of rotatable bonds is 3. The number of anilines is 1. The first-order valence-electron chi connectivity index (χ1n) is 6.36. The number of nitrogens with zero attached hydrogens (tertiary/aromatic N) is 1. The van der Waals surface area contributed by atoms with E-state index < -0.39 is 17.5 Å². The van der Waals surface area contributed by atoms with Crippen LogP contribution in [0.3, 0.4) is 0 Å². The Morgan fingerprint density at radius 1 is 0.905 bits per heavy atom. The Morgan fingerprint density at radius 3 is 2.38 bits per heavy atom. The molecule has 1 heterocycles. The molecule has 1 aromatic heterocycles. The van der Waals surface area contributed by atoms with Crippen molar-refractivity contribution in [3.8, 4) is 0 Å². The largest absolute Gasteiger partial charge is 0.379 e. The summed E-state index contributed by atoms with van der Waals surface area (Å²) < 4.78 is 39.1. The summed E-state index contributed by atoms with van der Waals surface area (Å²) in [6.45, 7) is 0.287. The molecule has 1 N–H and O–H groups in total. The molecule has 3 rings (SSSR count). The van der Waals surface area contributed by atoms with Gasteiger partial charge in [-0.15, -0.1) is 0 Å². The smallest absolute Gasteiger partial charge is 0.194 e. The van der Waals surface area contributed by atoms with E-state index in [0.717, 1.165) is 28.7 Å². The first-order chi connectivity index (χ1) is 10.1. The zero-order valence-electron chi connectivity index (χ0n) is 10.9. The van der Waals surface area contributed by atoms with E-state index in [4.69, 9.17) is 0 Å². The third-order valence-electron chi connectivity index (χ3n) is 3.11. The summed E-state index contributed by atoms with van der Waals surface area (Å²) in [5, 5.41) is 3.84. The third kappa shape index (κ3) is 2.81. The van der Waals surface area contributed by atoms with Crippen molar-refractivity contribution >= 4 is 16.6 Å². The molecule has 0 bridgehead atoms. The Hall–Kier alpha value is -2.56. The molecule has 21 heavy (non-hydrogen) atoms. The molecule has 0 radical (unpaired) electrons. The van der Waals surface area contributed by atoms with Crippen LogP contribution in [0.5, 0.6) is 0 Å². The van der Waals surface area contributed by atoms with Crippen LogP contribution in [0.25, 0.3) is 10.9 Å². The van der Waals surface area contributed by atoms with Gasteiger partial charge in [0.05, 0.1) is 17.8 Å². The summed E-state index contributed by atoms with van der Waals surface area (Å²) in [4.78, 5) is 4.43. The van der Waals surface area contributed by atoms with E-state index in [0.29, 0.717) is 0 Å². The maximum Gasteiger partial charge on any atom is 0.194 e. The number of pyridine rings is 1. The van der Waals surface area contributed by atoms with Crippen LogP contribution >= 0.6 is 0 Å². The molecule has 0 aliphatic rings. The van der Waals surface area contributed by atoms with Gasteiger partial charge < -0.3 is 5.32 Å². The van der Waals surface area contributed by atoms with Gasteiger partial charge in [0.15, 0.2) is 17.5 Å². The van der Waals surface area contributed by atoms with Gasteiger partial charge in [0.1, 0.15) is 0 Å². The molecule has 0 spiro atoms. The predicted molar refractivity (Wildman–Crippen MR) is 75.4 cm³/mol. The second-order valence-electron chi connectivity index (χ2n) is 4.60. The first-order valence-corrected chi connectivity index (χ1v) is 6.36. The van der Waals surface area contributed by atoms with E-state index in [1.165, 1.54) is 0 Å². The minimum absolute atomic E-state index is 0.168. The Bertz CT molecular complexity index is 779. The van der Waals surface area contributed by atoms with Crippen LogP contribution in [-0.2, 0) is 6.54 Å². The van der Waals surface area contributed by atoms with Crippen LogP contribution in [0.2, 0.25) is 0 Å². The van der Waals surface area contributed by atoms with Crippen LogP contribution < -0.4 is 5.32 Å². The standard InChI is InChI=1S/C16H11F3N2/c17-13-7-12(8-14(18)16(13)19)20-9-11-6-5-10-3-1-2-4-15(10)21-11/h1-8,20H,9H2. The number of nitrogens with one attached hydrogen (secondary N) is 1. The SMILES string of the molecule is Fc1cc(NCc2ccc3ccccc3n2)cc(F)c1F. The van der Waals surface area contributed by atoms with E-state index in [1.54, 1.807) is 0 Å². The third-order valence-corrected chi connectivity index (χ3v) is 3.11. The molecule has 2 nitrogen and oxygen atoms in total. The summed E-state index contributed by atoms with van der Waals surface area (Å²) in [6, 6.07) is 13.2. The zero-order chi connectivity index (χ0) is 14.8. The number of hydrogen-bond donors (Lipinski definition) is 1. The van der Waals surface area contributed by atoms with E-state index in [2.05, 4.69) is 10.3 Å². The van der Waals surface area contributed by atoms with Crippen LogP contribution in [0.1, 0.15) is 5.69 Å². The van der Waals surface area contributed by atoms with Gasteiger partial charge in [-0.25, -0.2) is 13.2 Å². The number of aromatic nitrogens is 1. The van der Waals surface area contributed by atoms with Crippen molar-refractivity contribution in [3.05, 3.63) is 71.7 Å². The van der Waals surface area contributed by atoms with Gasteiger partial charge in [0.25, 0.3) is 0 Å². The van der Waals surface area contributed by atoms with Crippen LogP contribution in [0, 0.1) is 17.5 Å². The summed E-state index contributed by atoms with van der Waals surface area (Å²) in [5.41, 5.74) is 1.73. The molecule has 3 aromatic rings. The van der Waals surface area contributed by atoms with Crippen LogP contribution in [-0.4, -0.2) is 4.98 Å². The highest BCUT2D eigenvalue weighted by Gasteiger charge is 2.10. The van der Waals surface area contributed by atoms with Crippen LogP contribution in [0.4, 0.5) is 18.9 Å². The average molecular weight is 288 g/mol. The fraction of sp³-hybridized carbons (Fsp3) is 0.0625. The zero-order valence-corrected chi connectivity index (χ0v) is 10.9. The number of halogens is 3. The Morgan fingerprint density at radius 2 is 1.62 bits per heavy atom. The molecule has 0 fully saturated rings. The van der Waals surface area contributed by atoms with E-state index in [9.17, 15) is 13.2 Å². The fourth-order valence-electron chi connectivity index (χ4n) is 2.06. The van der Waals surface area contributed by atoms with Gasteiger partial charge in [-0.2, -0.15) is 0 Å². The minimum Gasteiger partial charge on any atom is -0.379 e. The molecular weight excluding hydrogens is 277 g/mol. The summed E-state index contributed by atoms with van der Waals surface area (Å²) >= 11 is 0. The van der Waals surface area contributed by atoms with Gasteiger partial charge in [-0.05, 0) is 12.1 Å². The lowest BCUT2D eigenvalue weighted by atomic mass is 10.2. The quantitative estimate of drug-likeness (QED) is 0.728. The molecule has 2 aromatic carbocycles. The van der Waals surface area contributed by atoms with Gasteiger partial charge >= 0.3 is 0 Å². The van der Waals surface area contributed by atoms with Crippen molar-refractivity contribution in [2.24, 2.45) is 0 Å². The van der Waals surface area contributed by atoms with Gasteiger partial charge in [-0.1, -0.05) is 24.3 Å². The number of benzene rings is 2. The monoisotopic (exact) mass is 288 g/mol. The maximum absolute atomic E-state index is 13.1. The molecule has 0 aliphatic heterocycles. The van der Waals surface area contributed by atoms with E-state index in [-0.39, 0.29) is 12.2 Å². The molecule has 0 amide bonds. The molecule has 0 atom stereocenters. The lowest BCUT2D eigenvalue weighted by Gasteiger charge is -2.08. The van der Waals surface area contributed by atoms with Crippen molar-refractivity contribution in [2.45, 2.75) is 6.54 Å². The predicted octanol–water partition coefficient (Wildman–Crippen LogP) is 4.26. The van der Waals surface area contributed by atoms with Crippen molar-refractivity contribution in [3.63, 3.8) is 0 Å². The van der Waals surface area contributed by atoms with Crippen molar-refractivity contribution in [2.75, 3.05) is 5.32 Å². The van der Waals surface area contributed by atoms with E-state index >= 15 is 0 Å². The molecular formula is C16H11F3N2. The fourth-order valence-corrected chi connectivity index (χ4v) is 2.06. The topological polar surface area (TPSA) is 24.9 Å². The maximum atomic E-state index is 13.1. The van der Waals surface area contributed by atoms with Crippen molar-refractivity contribution in [1.82, 2.24) is 4.98 Å². The Balaban J connectivity index is 1.80. The first kappa shape index (κ1) is 13.4. The molecule has 0 unspecified atom stereocenters. The Labute approximate surface area is 119 Å². The molecule has 0 aliphatic carbocycles. The molecule has 0 saturated carbocycles. The summed E-state index contributed by atoms with van der Waals surface area (Å²) in [6.07, 6.45) is 0. The molecule has 5 heteroatoms. The normalized spacial score (nSPS) is 10.8. The molecule has 106 valence electrons. The lowest BCUT2D eigenvalue weighted by Crippen LogP contribution is -2.03. The van der Waals surface area contributed by atoms with Crippen molar-refractivity contribution < 1.29 is 13.2 Å². The second kappa shape index (κ2) is 5.44. The van der Waals surface area contributed by atoms with Crippen LogP contribution in [0.15, 0.2) is 48.5 Å². The minimum atomic E-state index is -1.47. The number of hydrogen-bond acceptors (Lipinski definition) is 2. The van der Waals surface area contributed by atoms with Gasteiger partial charge in [0, 0.05) is 23.2 Å². The second-order valence-corrected chi connectivity index (χ2v) is 4.60. The highest BCUT2D eigenvalue weighted by molar-refractivity contribution is 5.78. The van der Waals surface area contributed by atoms with E-state index in [1.807, 2.05) is 36.4 Å². The lowest BCUT2D eigenvalue weighted by molar-refractivity contribution is 0.447. The van der Waals surface area contributed by atoms with Crippen molar-refractivity contribution in [1.29, 1.82) is 0 Å². The Kier molecular flexibility index (Phi) is 3.48. The summed E-state index contributed by atoms with van der Waals surface area (Å²) in [5.74, 6) is -3.91. The highest BCUT2D eigenvalue weighted by atomic mass is 19.2. The molecule has 0 saturated heterocycles.